The number of alkyl halides is 2. The Balaban J connectivity index is 1.41. The molecule has 3 aliphatic heterocycles. The van der Waals surface area contributed by atoms with Crippen LogP contribution < -0.4 is 20.7 Å². The zero-order valence-corrected chi connectivity index (χ0v) is 21.7. The zero-order chi connectivity index (χ0) is 28.1. The second-order valence-corrected chi connectivity index (χ2v) is 10.5. The molecule has 0 aliphatic carbocycles. The second-order valence-electron chi connectivity index (χ2n) is 10.5. The highest BCUT2D eigenvalue weighted by molar-refractivity contribution is 6.00. The number of carbonyl (C=O) groups is 1. The van der Waals surface area contributed by atoms with Gasteiger partial charge >= 0.3 is 6.09 Å². The maximum Gasteiger partial charge on any atom is 0.413 e. The molecule has 6 rings (SSSR count). The number of likely N-dealkylation sites (tertiary alicyclic amines) is 1. The molecule has 3 atom stereocenters. The molecule has 2 fully saturated rings. The minimum absolute atomic E-state index is 0.111. The van der Waals surface area contributed by atoms with Gasteiger partial charge in [0.05, 0.1) is 31.5 Å². The lowest BCUT2D eigenvalue weighted by atomic mass is 9.81. The van der Waals surface area contributed by atoms with Crippen molar-refractivity contribution in [3.63, 3.8) is 0 Å². The summed E-state index contributed by atoms with van der Waals surface area (Å²) in [6, 6.07) is 2.68. The van der Waals surface area contributed by atoms with Gasteiger partial charge in [-0.2, -0.15) is 0 Å². The summed E-state index contributed by atoms with van der Waals surface area (Å²) in [5.74, 6) is -0.659. The van der Waals surface area contributed by atoms with Crippen LogP contribution in [-0.4, -0.2) is 84.5 Å². The van der Waals surface area contributed by atoms with Crippen molar-refractivity contribution in [1.82, 2.24) is 14.9 Å². The van der Waals surface area contributed by atoms with E-state index in [0.717, 1.165) is 5.56 Å². The molecular weight excluding hydrogens is 529 g/mol. The molecule has 10 nitrogen and oxygen atoms in total. The number of nitrogen functional groups attached to an aromatic ring is 1. The molecule has 1 amide bonds. The van der Waals surface area contributed by atoms with Gasteiger partial charge in [0.25, 0.3) is 6.43 Å². The summed E-state index contributed by atoms with van der Waals surface area (Å²) in [5, 5.41) is 14.4. The Morgan fingerprint density at radius 2 is 1.98 bits per heavy atom. The maximum absolute atomic E-state index is 15.6. The number of piperidine rings is 1. The number of anilines is 3. The standard InChI is InChI=1S/C27H29F3N6O4/c1-13-18(6-34-26-24(13)32-2-3-40-26)17-4-14-5-21(33-7-19(14)23(31)22(17)30)36(27(37)38)25-15-8-35(10-20(28)29)9-16(25)12-39-11-15/h4-7,15-16,20,25,32H,2-3,8-12,31H2,1H3,(H,37,38)/t15-,16+,25?. The van der Waals surface area contributed by atoms with Crippen LogP contribution in [0.25, 0.3) is 21.9 Å². The fourth-order valence-electron chi connectivity index (χ4n) is 6.26. The lowest BCUT2D eigenvalue weighted by molar-refractivity contribution is -0.0659. The number of pyridine rings is 2. The van der Waals surface area contributed by atoms with Crippen LogP contribution in [-0.2, 0) is 4.74 Å². The third-order valence-corrected chi connectivity index (χ3v) is 7.98. The number of halogens is 3. The minimum Gasteiger partial charge on any atom is -0.474 e. The van der Waals surface area contributed by atoms with E-state index in [4.69, 9.17) is 15.2 Å². The molecule has 13 heteroatoms. The molecule has 0 saturated carbocycles. The number of aromatic nitrogens is 2. The highest BCUT2D eigenvalue weighted by Gasteiger charge is 2.46. The number of nitrogens with zero attached hydrogens (tertiary/aromatic N) is 4. The van der Waals surface area contributed by atoms with Crippen molar-refractivity contribution in [2.24, 2.45) is 11.8 Å². The largest absolute Gasteiger partial charge is 0.474 e. The molecular formula is C27H29F3N6O4. The molecule has 0 spiro atoms. The number of ether oxygens (including phenoxy) is 2. The molecule has 212 valence electrons. The van der Waals surface area contributed by atoms with Crippen LogP contribution in [0, 0.1) is 24.6 Å². The van der Waals surface area contributed by atoms with Crippen LogP contribution in [0.15, 0.2) is 24.5 Å². The van der Waals surface area contributed by atoms with Gasteiger partial charge in [-0.3, -0.25) is 9.80 Å². The molecule has 2 saturated heterocycles. The van der Waals surface area contributed by atoms with E-state index in [1.807, 2.05) is 6.92 Å². The number of amides is 1. The quantitative estimate of drug-likeness (QED) is 0.401. The first-order valence-electron chi connectivity index (χ1n) is 13.1. The first kappa shape index (κ1) is 26.4. The average Bonchev–Trinajstić information content (AvgIpc) is 2.91. The predicted octanol–water partition coefficient (Wildman–Crippen LogP) is 3.83. The van der Waals surface area contributed by atoms with Gasteiger partial charge in [-0.1, -0.05) is 0 Å². The van der Waals surface area contributed by atoms with Crippen molar-refractivity contribution in [3.8, 4) is 17.0 Å². The van der Waals surface area contributed by atoms with Crippen LogP contribution in [0.3, 0.4) is 0 Å². The number of carboxylic acid groups (broad SMARTS) is 1. The molecule has 0 radical (unpaired) electrons. The molecule has 2 aromatic heterocycles. The summed E-state index contributed by atoms with van der Waals surface area (Å²) >= 11 is 0. The maximum atomic E-state index is 15.6. The lowest BCUT2D eigenvalue weighted by Gasteiger charge is -2.49. The van der Waals surface area contributed by atoms with E-state index in [9.17, 15) is 18.7 Å². The van der Waals surface area contributed by atoms with Gasteiger partial charge < -0.3 is 25.6 Å². The van der Waals surface area contributed by atoms with Crippen molar-refractivity contribution >= 4 is 34.1 Å². The molecule has 3 aliphatic rings. The lowest BCUT2D eigenvalue weighted by Crippen LogP contribution is -2.63. The number of fused-ring (bicyclic) bond motifs is 4. The van der Waals surface area contributed by atoms with Crippen molar-refractivity contribution in [2.75, 3.05) is 62.0 Å². The van der Waals surface area contributed by atoms with E-state index in [1.54, 1.807) is 17.0 Å². The normalized spacial score (nSPS) is 22.5. The van der Waals surface area contributed by atoms with E-state index >= 15 is 4.39 Å². The molecule has 3 aromatic rings. The highest BCUT2D eigenvalue weighted by Crippen LogP contribution is 2.41. The Morgan fingerprint density at radius 1 is 1.23 bits per heavy atom. The Kier molecular flexibility index (Phi) is 6.78. The molecule has 2 bridgehead atoms. The van der Waals surface area contributed by atoms with Gasteiger partial charge in [-0.15, -0.1) is 0 Å². The number of nitrogens with one attached hydrogen (secondary N) is 1. The third-order valence-electron chi connectivity index (χ3n) is 7.98. The Labute approximate surface area is 227 Å². The van der Waals surface area contributed by atoms with Gasteiger partial charge in [0.2, 0.25) is 5.88 Å². The molecule has 5 heterocycles. The number of nitrogens with two attached hydrogens (primary N) is 1. The molecule has 1 aromatic carbocycles. The topological polar surface area (TPSA) is 126 Å². The average molecular weight is 559 g/mol. The second kappa shape index (κ2) is 10.3. The molecule has 4 N–H and O–H groups in total. The smallest absolute Gasteiger partial charge is 0.413 e. The van der Waals surface area contributed by atoms with E-state index in [2.05, 4.69) is 15.3 Å². The van der Waals surface area contributed by atoms with Gasteiger partial charge in [-0.05, 0) is 30.0 Å². The van der Waals surface area contributed by atoms with Crippen molar-refractivity contribution in [1.29, 1.82) is 0 Å². The predicted molar refractivity (Wildman–Crippen MR) is 143 cm³/mol. The van der Waals surface area contributed by atoms with Crippen molar-refractivity contribution < 1.29 is 32.5 Å². The van der Waals surface area contributed by atoms with Gasteiger partial charge in [0, 0.05) is 60.4 Å². The number of hydrogen-bond acceptors (Lipinski definition) is 8. The van der Waals surface area contributed by atoms with Crippen molar-refractivity contribution in [2.45, 2.75) is 19.4 Å². The fraction of sp³-hybridized carbons (Fsp3) is 0.444. The third kappa shape index (κ3) is 4.52. The Hall–Kier alpha value is -3.84. The van der Waals surface area contributed by atoms with E-state index in [0.29, 0.717) is 41.1 Å². The van der Waals surface area contributed by atoms with E-state index < -0.39 is 24.4 Å². The summed E-state index contributed by atoms with van der Waals surface area (Å²) in [5.41, 5.74) is 8.27. The monoisotopic (exact) mass is 558 g/mol. The van der Waals surface area contributed by atoms with Crippen LogP contribution in [0.1, 0.15) is 5.56 Å². The SMILES string of the molecule is Cc1c(-c2cc3cc(N(C(=O)O)C4[C@@H]5COC[C@H]4CN(CC(F)F)C5)ncc3c(N)c2F)cnc2c1NCCO2. The first-order chi connectivity index (χ1) is 19.2. The van der Waals surface area contributed by atoms with Crippen LogP contribution >= 0.6 is 0 Å². The molecule has 1 unspecified atom stereocenters. The summed E-state index contributed by atoms with van der Waals surface area (Å²) in [6.07, 6.45) is -0.792. The summed E-state index contributed by atoms with van der Waals surface area (Å²) < 4.78 is 53.0. The van der Waals surface area contributed by atoms with E-state index in [1.165, 1.54) is 17.3 Å². The van der Waals surface area contributed by atoms with Crippen LogP contribution in [0.5, 0.6) is 5.88 Å². The number of benzene rings is 1. The van der Waals surface area contributed by atoms with E-state index in [-0.39, 0.29) is 61.8 Å². The Bertz CT molecular complexity index is 1460. The van der Waals surface area contributed by atoms with Crippen LogP contribution in [0.2, 0.25) is 0 Å². The zero-order valence-electron chi connectivity index (χ0n) is 21.7. The summed E-state index contributed by atoms with van der Waals surface area (Å²) in [6.45, 7) is 3.61. The van der Waals surface area contributed by atoms with Crippen molar-refractivity contribution in [3.05, 3.63) is 35.9 Å². The molecule has 40 heavy (non-hydrogen) atoms. The highest BCUT2D eigenvalue weighted by atomic mass is 19.3. The van der Waals surface area contributed by atoms with Crippen LogP contribution in [0.4, 0.5) is 35.2 Å². The summed E-state index contributed by atoms with van der Waals surface area (Å²) in [4.78, 5) is 24.2. The van der Waals surface area contributed by atoms with Gasteiger partial charge in [0.1, 0.15) is 18.1 Å². The minimum atomic E-state index is -2.48. The van der Waals surface area contributed by atoms with Gasteiger partial charge in [0.15, 0.2) is 5.82 Å². The Morgan fingerprint density at radius 3 is 2.67 bits per heavy atom. The first-order valence-corrected chi connectivity index (χ1v) is 13.1. The number of hydrogen-bond donors (Lipinski definition) is 3. The number of rotatable bonds is 5. The summed E-state index contributed by atoms with van der Waals surface area (Å²) in [7, 11) is 0. The fourth-order valence-corrected chi connectivity index (χ4v) is 6.26. The van der Waals surface area contributed by atoms with Gasteiger partial charge in [-0.25, -0.2) is 27.9 Å².